The van der Waals surface area contributed by atoms with Gasteiger partial charge in [0, 0.05) is 66.3 Å². The predicted molar refractivity (Wildman–Crippen MR) is 170 cm³/mol. The topological polar surface area (TPSA) is 141 Å². The SMILES string of the molecule is [N-]=[N+]=Nc1ccccc1C[C@@]1(C(=O)NCCN2CCOCC2)N=C(c2ccc(OCCCO)cc2)O[C@@H]1c1ccc(Br)cc1. The standard InChI is InChI=1S/C32H35BrN6O5/c33-26-10-6-23(7-11-26)29-32(22-25-4-1-2-5-28(25)37-38-34,31(41)35-14-15-39-16-20-42-21-17-39)36-30(44-29)24-8-12-27(13-9-24)43-19-3-18-40/h1-2,4-13,29,40H,3,14-22H2,(H,35,41)/t29-,32-/m1/s1. The van der Waals surface area contributed by atoms with Gasteiger partial charge in [-0.05, 0) is 53.1 Å². The minimum Gasteiger partial charge on any atom is -0.494 e. The van der Waals surface area contributed by atoms with Gasteiger partial charge in [0.15, 0.2) is 11.6 Å². The number of halogens is 1. The molecule has 2 atom stereocenters. The van der Waals surface area contributed by atoms with E-state index in [1.165, 1.54) is 0 Å². The highest BCUT2D eigenvalue weighted by Gasteiger charge is 2.53. The Morgan fingerprint density at radius 1 is 1.14 bits per heavy atom. The smallest absolute Gasteiger partial charge is 0.252 e. The average molecular weight is 664 g/mol. The zero-order valence-electron chi connectivity index (χ0n) is 24.3. The van der Waals surface area contributed by atoms with Crippen molar-refractivity contribution in [3.05, 3.63) is 104 Å². The van der Waals surface area contributed by atoms with Gasteiger partial charge in [-0.25, -0.2) is 4.99 Å². The summed E-state index contributed by atoms with van der Waals surface area (Å²) < 4.78 is 18.6. The first-order valence-electron chi connectivity index (χ1n) is 14.6. The molecular weight excluding hydrogens is 628 g/mol. The lowest BCUT2D eigenvalue weighted by Crippen LogP contribution is -2.51. The molecule has 0 aromatic heterocycles. The fourth-order valence-electron chi connectivity index (χ4n) is 5.32. The first kappa shape index (κ1) is 31.5. The third-order valence-electron chi connectivity index (χ3n) is 7.62. The predicted octanol–water partition coefficient (Wildman–Crippen LogP) is 5.10. The molecule has 0 bridgehead atoms. The zero-order chi connectivity index (χ0) is 30.8. The average Bonchev–Trinajstić information content (AvgIpc) is 3.44. The number of morpholine rings is 1. The molecule has 44 heavy (non-hydrogen) atoms. The van der Waals surface area contributed by atoms with Crippen LogP contribution in [0.1, 0.15) is 29.2 Å². The summed E-state index contributed by atoms with van der Waals surface area (Å²) >= 11 is 3.51. The fraction of sp³-hybridized carbons (Fsp3) is 0.375. The van der Waals surface area contributed by atoms with Crippen LogP contribution in [-0.4, -0.2) is 80.0 Å². The molecule has 2 heterocycles. The Morgan fingerprint density at radius 2 is 1.89 bits per heavy atom. The summed E-state index contributed by atoms with van der Waals surface area (Å²) in [6, 6.07) is 22.2. The number of carbonyl (C=O) groups excluding carboxylic acids is 1. The van der Waals surface area contributed by atoms with Crippen LogP contribution >= 0.6 is 15.9 Å². The number of carbonyl (C=O) groups is 1. The lowest BCUT2D eigenvalue weighted by molar-refractivity contribution is -0.129. The number of aliphatic imine (C=N–C) groups is 1. The van der Waals surface area contributed by atoms with E-state index in [2.05, 4.69) is 36.2 Å². The highest BCUT2D eigenvalue weighted by Crippen LogP contribution is 2.44. The summed E-state index contributed by atoms with van der Waals surface area (Å²) in [5.74, 6) is 0.693. The van der Waals surface area contributed by atoms with Crippen LogP contribution in [0.3, 0.4) is 0 Å². The number of aliphatic hydroxyl groups excluding tert-OH is 1. The Bertz CT molecular complexity index is 1490. The first-order valence-corrected chi connectivity index (χ1v) is 15.4. The maximum absolute atomic E-state index is 14.4. The summed E-state index contributed by atoms with van der Waals surface area (Å²) in [4.78, 5) is 24.7. The van der Waals surface area contributed by atoms with Gasteiger partial charge < -0.3 is 24.6 Å². The lowest BCUT2D eigenvalue weighted by atomic mass is 9.81. The van der Waals surface area contributed by atoms with Crippen LogP contribution < -0.4 is 10.1 Å². The molecule has 0 unspecified atom stereocenters. The summed E-state index contributed by atoms with van der Waals surface area (Å²) in [7, 11) is 0. The van der Waals surface area contributed by atoms with Crippen molar-refractivity contribution in [3.8, 4) is 5.75 Å². The van der Waals surface area contributed by atoms with Gasteiger partial charge in [0.25, 0.3) is 5.91 Å². The molecule has 2 aliphatic heterocycles. The minimum atomic E-state index is -1.41. The molecule has 1 saturated heterocycles. The number of hydrogen-bond donors (Lipinski definition) is 2. The van der Waals surface area contributed by atoms with E-state index in [4.69, 9.17) is 24.3 Å². The van der Waals surface area contributed by atoms with Crippen molar-refractivity contribution in [1.82, 2.24) is 10.2 Å². The Labute approximate surface area is 264 Å². The molecule has 0 radical (unpaired) electrons. The van der Waals surface area contributed by atoms with Crippen LogP contribution in [0, 0.1) is 0 Å². The van der Waals surface area contributed by atoms with E-state index in [-0.39, 0.29) is 18.9 Å². The number of hydrogen-bond acceptors (Lipinski definition) is 8. The second-order valence-electron chi connectivity index (χ2n) is 10.5. The second-order valence-corrected chi connectivity index (χ2v) is 11.5. The van der Waals surface area contributed by atoms with Crippen molar-refractivity contribution in [2.24, 2.45) is 10.1 Å². The maximum atomic E-state index is 14.4. The number of ether oxygens (including phenoxy) is 3. The molecule has 1 fully saturated rings. The van der Waals surface area contributed by atoms with Gasteiger partial charge in [-0.15, -0.1) is 0 Å². The highest BCUT2D eigenvalue weighted by molar-refractivity contribution is 9.10. The van der Waals surface area contributed by atoms with E-state index >= 15 is 0 Å². The number of nitrogens with one attached hydrogen (secondary N) is 1. The monoisotopic (exact) mass is 662 g/mol. The maximum Gasteiger partial charge on any atom is 0.252 e. The Balaban J connectivity index is 1.53. The molecule has 0 saturated carbocycles. The third-order valence-corrected chi connectivity index (χ3v) is 8.15. The third kappa shape index (κ3) is 7.58. The quantitative estimate of drug-likeness (QED) is 0.113. The number of rotatable bonds is 13. The van der Waals surface area contributed by atoms with Crippen molar-refractivity contribution in [3.63, 3.8) is 0 Å². The Morgan fingerprint density at radius 3 is 2.61 bits per heavy atom. The van der Waals surface area contributed by atoms with E-state index in [1.807, 2.05) is 60.7 Å². The number of azide groups is 1. The second kappa shape index (κ2) is 15.2. The molecule has 11 nitrogen and oxygen atoms in total. The van der Waals surface area contributed by atoms with E-state index in [1.54, 1.807) is 12.1 Å². The fourth-order valence-corrected chi connectivity index (χ4v) is 5.59. The van der Waals surface area contributed by atoms with Gasteiger partial charge in [0.1, 0.15) is 5.75 Å². The lowest BCUT2D eigenvalue weighted by Gasteiger charge is -2.32. The van der Waals surface area contributed by atoms with Gasteiger partial charge in [-0.3, -0.25) is 9.69 Å². The van der Waals surface area contributed by atoms with Gasteiger partial charge >= 0.3 is 0 Å². The van der Waals surface area contributed by atoms with Gasteiger partial charge in [0.2, 0.25) is 5.90 Å². The molecule has 2 N–H and O–H groups in total. The summed E-state index contributed by atoms with van der Waals surface area (Å²) in [6.07, 6.45) is -0.0981. The van der Waals surface area contributed by atoms with Crippen LogP contribution in [0.4, 0.5) is 5.69 Å². The number of amides is 1. The Kier molecular flexibility index (Phi) is 10.9. The van der Waals surface area contributed by atoms with Crippen molar-refractivity contribution in [2.45, 2.75) is 24.5 Å². The van der Waals surface area contributed by atoms with Crippen LogP contribution in [0.15, 0.2) is 87.4 Å². The molecule has 3 aromatic carbocycles. The number of nitrogens with zero attached hydrogens (tertiary/aromatic N) is 5. The molecule has 2 aliphatic rings. The van der Waals surface area contributed by atoms with Crippen molar-refractivity contribution in [1.29, 1.82) is 0 Å². The van der Waals surface area contributed by atoms with Crippen molar-refractivity contribution in [2.75, 3.05) is 52.6 Å². The van der Waals surface area contributed by atoms with Gasteiger partial charge in [-0.2, -0.15) is 0 Å². The van der Waals surface area contributed by atoms with Crippen molar-refractivity contribution >= 4 is 33.4 Å². The van der Waals surface area contributed by atoms with Crippen molar-refractivity contribution < 1.29 is 24.1 Å². The molecule has 12 heteroatoms. The molecule has 230 valence electrons. The van der Waals surface area contributed by atoms with E-state index in [0.29, 0.717) is 67.8 Å². The largest absolute Gasteiger partial charge is 0.494 e. The summed E-state index contributed by atoms with van der Waals surface area (Å²) in [5, 5.41) is 16.1. The van der Waals surface area contributed by atoms with Crippen LogP contribution in [0.25, 0.3) is 10.4 Å². The van der Waals surface area contributed by atoms with Crippen LogP contribution in [0.5, 0.6) is 5.75 Å². The summed E-state index contributed by atoms with van der Waals surface area (Å²) in [6.45, 7) is 4.53. The number of benzene rings is 3. The Hall–Kier alpha value is -3.93. The van der Waals surface area contributed by atoms with Crippen LogP contribution in [0.2, 0.25) is 0 Å². The molecule has 0 aliphatic carbocycles. The van der Waals surface area contributed by atoms with Gasteiger partial charge in [-0.1, -0.05) is 57.4 Å². The first-order chi connectivity index (χ1) is 21.5. The molecule has 0 spiro atoms. The zero-order valence-corrected chi connectivity index (χ0v) is 25.9. The van der Waals surface area contributed by atoms with Gasteiger partial charge in [0.05, 0.1) is 19.8 Å². The summed E-state index contributed by atoms with van der Waals surface area (Å²) in [5.41, 5.74) is 10.4. The normalized spacial score (nSPS) is 19.9. The van der Waals surface area contributed by atoms with E-state index < -0.39 is 11.6 Å². The highest BCUT2D eigenvalue weighted by atomic mass is 79.9. The minimum absolute atomic E-state index is 0.0551. The molecule has 3 aromatic rings. The molecule has 1 amide bonds. The molecular formula is C32H35BrN6O5. The molecule has 5 rings (SSSR count). The van der Waals surface area contributed by atoms with E-state index in [0.717, 1.165) is 23.1 Å². The number of aliphatic hydroxyl groups is 1. The van der Waals surface area contributed by atoms with E-state index in [9.17, 15) is 10.3 Å². The van der Waals surface area contributed by atoms with Crippen LogP contribution in [-0.2, 0) is 20.7 Å².